The van der Waals surface area contributed by atoms with Crippen molar-refractivity contribution in [2.45, 2.75) is 38.0 Å². The molecule has 1 saturated carbocycles. The number of fused-ring (bicyclic) bond motifs is 1. The van der Waals surface area contributed by atoms with Crippen LogP contribution in [0.5, 0.6) is 11.5 Å². The van der Waals surface area contributed by atoms with Crippen LogP contribution in [0.1, 0.15) is 25.8 Å². The minimum Gasteiger partial charge on any atom is -0.497 e. The first-order valence-corrected chi connectivity index (χ1v) is 9.34. The summed E-state index contributed by atoms with van der Waals surface area (Å²) in [4.78, 5) is 12.6. The van der Waals surface area contributed by atoms with Gasteiger partial charge in [0.25, 0.3) is 0 Å². The summed E-state index contributed by atoms with van der Waals surface area (Å²) in [5.74, 6) is 2.43. The number of urea groups is 1. The van der Waals surface area contributed by atoms with Crippen molar-refractivity contribution in [1.82, 2.24) is 15.1 Å². The Morgan fingerprint density at radius 1 is 1.32 bits per heavy atom. The average molecular weight is 386 g/mol. The van der Waals surface area contributed by atoms with Crippen LogP contribution in [-0.4, -0.2) is 47.8 Å². The summed E-state index contributed by atoms with van der Waals surface area (Å²) in [6.45, 7) is 5.21. The number of carbonyl (C=O) groups excluding carboxylic acids is 1. The van der Waals surface area contributed by atoms with Crippen LogP contribution in [-0.2, 0) is 11.3 Å². The molecule has 2 N–H and O–H groups in total. The highest BCUT2D eigenvalue weighted by Crippen LogP contribution is 2.57. The number of anilines is 1. The van der Waals surface area contributed by atoms with Crippen LogP contribution in [0, 0.1) is 5.92 Å². The molecule has 1 aliphatic carbocycles. The number of nitrogens with zero attached hydrogens (tertiary/aromatic N) is 2. The van der Waals surface area contributed by atoms with Gasteiger partial charge in [0.2, 0.25) is 0 Å². The Morgan fingerprint density at radius 3 is 2.79 bits per heavy atom. The van der Waals surface area contributed by atoms with E-state index >= 15 is 0 Å². The van der Waals surface area contributed by atoms with Crippen LogP contribution in [0.15, 0.2) is 30.5 Å². The van der Waals surface area contributed by atoms with Crippen LogP contribution >= 0.6 is 0 Å². The second-order valence-corrected chi connectivity index (χ2v) is 7.82. The third-order valence-corrected chi connectivity index (χ3v) is 5.93. The quantitative estimate of drug-likeness (QED) is 0.797. The molecular formula is C20H26N4O4. The number of rotatable bonds is 6. The molecule has 0 radical (unpaired) electrons. The van der Waals surface area contributed by atoms with Gasteiger partial charge in [0.05, 0.1) is 44.7 Å². The minimum absolute atomic E-state index is 0.246. The maximum absolute atomic E-state index is 12.6. The second kappa shape index (κ2) is 6.70. The number of methoxy groups -OCH3 is 2. The molecule has 8 heteroatoms. The smallest absolute Gasteiger partial charge is 0.320 e. The Hall–Kier alpha value is -2.74. The summed E-state index contributed by atoms with van der Waals surface area (Å²) in [5.41, 5.74) is 0.300. The third kappa shape index (κ3) is 3.07. The maximum atomic E-state index is 12.6. The predicted molar refractivity (Wildman–Crippen MR) is 104 cm³/mol. The zero-order valence-electron chi connectivity index (χ0n) is 16.6. The van der Waals surface area contributed by atoms with Crippen LogP contribution in [0.25, 0.3) is 0 Å². The number of amides is 2. The number of nitrogens with one attached hydrogen (secondary N) is 2. The van der Waals surface area contributed by atoms with Crippen LogP contribution in [0.3, 0.4) is 0 Å². The molecule has 150 valence electrons. The summed E-state index contributed by atoms with van der Waals surface area (Å²) >= 11 is 0. The molecule has 8 nitrogen and oxygen atoms in total. The van der Waals surface area contributed by atoms with E-state index in [0.29, 0.717) is 30.6 Å². The Morgan fingerprint density at radius 2 is 2.14 bits per heavy atom. The monoisotopic (exact) mass is 386 g/mol. The fraction of sp³-hybridized carbons (Fsp3) is 0.500. The fourth-order valence-corrected chi connectivity index (χ4v) is 4.07. The van der Waals surface area contributed by atoms with Crippen LogP contribution < -0.4 is 20.1 Å². The first-order chi connectivity index (χ1) is 13.4. The van der Waals surface area contributed by atoms with Crippen molar-refractivity contribution in [3.8, 4) is 11.5 Å². The van der Waals surface area contributed by atoms with E-state index in [-0.39, 0.29) is 17.2 Å². The molecule has 0 spiro atoms. The predicted octanol–water partition coefficient (Wildman–Crippen LogP) is 2.64. The Bertz CT molecular complexity index is 894. The molecule has 2 fully saturated rings. The second-order valence-electron chi connectivity index (χ2n) is 7.82. The molecule has 4 rings (SSSR count). The first kappa shape index (κ1) is 18.6. The number of benzene rings is 1. The highest BCUT2D eigenvalue weighted by molar-refractivity contribution is 5.89. The molecule has 2 aromatic rings. The third-order valence-electron chi connectivity index (χ3n) is 5.93. The van der Waals surface area contributed by atoms with Gasteiger partial charge in [0.1, 0.15) is 17.3 Å². The van der Waals surface area contributed by atoms with Gasteiger partial charge in [0.15, 0.2) is 0 Å². The molecule has 2 heterocycles. The molecule has 1 aromatic carbocycles. The van der Waals surface area contributed by atoms with E-state index in [1.807, 2.05) is 32.0 Å². The number of aromatic nitrogens is 2. The normalized spacial score (nSPS) is 24.4. The summed E-state index contributed by atoms with van der Waals surface area (Å²) in [6.07, 6.45) is 2.61. The summed E-state index contributed by atoms with van der Waals surface area (Å²) in [5, 5.41) is 10.4. The molecule has 2 unspecified atom stereocenters. The summed E-state index contributed by atoms with van der Waals surface area (Å²) in [7, 11) is 3.23. The SMILES string of the molecule is COc1ccc(Cn2nccc2NC(=O)NC23CC2COC3(C)C)c(OC)c1. The van der Waals surface area contributed by atoms with E-state index in [0.717, 1.165) is 17.7 Å². The van der Waals surface area contributed by atoms with E-state index in [2.05, 4.69) is 15.7 Å². The van der Waals surface area contributed by atoms with Crippen molar-refractivity contribution >= 4 is 11.8 Å². The highest BCUT2D eigenvalue weighted by atomic mass is 16.5. The topological polar surface area (TPSA) is 86.6 Å². The van der Waals surface area contributed by atoms with E-state index in [1.54, 1.807) is 31.2 Å². The minimum atomic E-state index is -0.355. The van der Waals surface area contributed by atoms with Crippen molar-refractivity contribution in [3.63, 3.8) is 0 Å². The first-order valence-electron chi connectivity index (χ1n) is 9.34. The van der Waals surface area contributed by atoms with E-state index in [1.165, 1.54) is 0 Å². The molecule has 2 aliphatic rings. The lowest BCUT2D eigenvalue weighted by atomic mass is 9.96. The largest absolute Gasteiger partial charge is 0.497 e. The number of hydrogen-bond donors (Lipinski definition) is 2. The molecular weight excluding hydrogens is 360 g/mol. The lowest BCUT2D eigenvalue weighted by Gasteiger charge is -2.31. The maximum Gasteiger partial charge on any atom is 0.320 e. The number of ether oxygens (including phenoxy) is 3. The molecule has 0 bridgehead atoms. The van der Waals surface area contributed by atoms with E-state index in [9.17, 15) is 4.79 Å². The van der Waals surface area contributed by atoms with E-state index in [4.69, 9.17) is 14.2 Å². The van der Waals surface area contributed by atoms with Gasteiger partial charge in [-0.2, -0.15) is 5.10 Å². The number of carbonyl (C=O) groups is 1. The molecule has 2 amide bonds. The Balaban J connectivity index is 1.46. The zero-order valence-corrected chi connectivity index (χ0v) is 16.6. The Labute approximate surface area is 164 Å². The van der Waals surface area contributed by atoms with Crippen molar-refractivity contribution in [2.75, 3.05) is 26.1 Å². The summed E-state index contributed by atoms with van der Waals surface area (Å²) < 4.78 is 18.2. The number of hydrogen-bond acceptors (Lipinski definition) is 5. The molecule has 1 saturated heterocycles. The van der Waals surface area contributed by atoms with E-state index < -0.39 is 0 Å². The average Bonchev–Trinajstić information content (AvgIpc) is 3.13. The zero-order chi connectivity index (χ0) is 19.9. The van der Waals surface area contributed by atoms with Gasteiger partial charge in [-0.1, -0.05) is 0 Å². The summed E-state index contributed by atoms with van der Waals surface area (Å²) in [6, 6.07) is 7.15. The van der Waals surface area contributed by atoms with Crippen molar-refractivity contribution < 1.29 is 19.0 Å². The van der Waals surface area contributed by atoms with Crippen molar-refractivity contribution in [3.05, 3.63) is 36.0 Å². The molecule has 1 aliphatic heterocycles. The molecule has 28 heavy (non-hydrogen) atoms. The van der Waals surface area contributed by atoms with Crippen LogP contribution in [0.2, 0.25) is 0 Å². The van der Waals surface area contributed by atoms with Gasteiger partial charge in [-0.15, -0.1) is 0 Å². The fourth-order valence-electron chi connectivity index (χ4n) is 4.07. The van der Waals surface area contributed by atoms with Crippen LogP contribution in [0.4, 0.5) is 10.6 Å². The van der Waals surface area contributed by atoms with Gasteiger partial charge < -0.3 is 19.5 Å². The standard InChI is InChI=1S/C20H26N4O4/c1-19(2)20(10-14(20)12-28-19)23-18(25)22-17-7-8-21-24(17)11-13-5-6-15(26-3)9-16(13)27-4/h5-9,14H,10-12H2,1-4H3,(H2,22,23,25). The molecule has 1 aromatic heterocycles. The van der Waals surface area contributed by atoms with Gasteiger partial charge in [0, 0.05) is 23.6 Å². The van der Waals surface area contributed by atoms with Gasteiger partial charge >= 0.3 is 6.03 Å². The lowest BCUT2D eigenvalue weighted by molar-refractivity contribution is -0.00668. The van der Waals surface area contributed by atoms with Gasteiger partial charge in [-0.05, 0) is 32.4 Å². The highest BCUT2D eigenvalue weighted by Gasteiger charge is 2.69. The molecule has 2 atom stereocenters. The lowest BCUT2D eigenvalue weighted by Crippen LogP contribution is -2.52. The Kier molecular flexibility index (Phi) is 4.45. The van der Waals surface area contributed by atoms with Gasteiger partial charge in [-0.3, -0.25) is 5.32 Å². The van der Waals surface area contributed by atoms with Gasteiger partial charge in [-0.25, -0.2) is 9.48 Å². The van der Waals surface area contributed by atoms with Crippen molar-refractivity contribution in [1.29, 1.82) is 0 Å². The van der Waals surface area contributed by atoms with Crippen molar-refractivity contribution in [2.24, 2.45) is 5.92 Å².